The predicted molar refractivity (Wildman–Crippen MR) is 256 cm³/mol. The van der Waals surface area contributed by atoms with Crippen LogP contribution in [0.3, 0.4) is 0 Å². The third kappa shape index (κ3) is 7.19. The maximum Gasteiger partial charge on any atom is 0.179 e. The first-order valence-corrected chi connectivity index (χ1v) is 21.4. The topological polar surface area (TPSA) is 106 Å². The van der Waals surface area contributed by atoms with Crippen molar-refractivity contribution in [2.75, 3.05) is 0 Å². The van der Waals surface area contributed by atoms with Crippen molar-refractivity contribution in [2.45, 2.75) is 0 Å². The van der Waals surface area contributed by atoms with Crippen LogP contribution in [-0.2, 0) is 0 Å². The predicted octanol–water partition coefficient (Wildman–Crippen LogP) is 11.5. The number of benzene rings is 8. The summed E-state index contributed by atoms with van der Waals surface area (Å²) in [7, 11) is 0. The van der Waals surface area contributed by atoms with Crippen LogP contribution in [0.4, 0.5) is 0 Å². The van der Waals surface area contributed by atoms with Gasteiger partial charge in [0.25, 0.3) is 0 Å². The summed E-state index contributed by atoms with van der Waals surface area (Å²) in [6.07, 6.45) is 0. The molecule has 9 heteroatoms. The third-order valence-corrected chi connectivity index (χ3v) is 11.8. The van der Waals surface area contributed by atoms with Gasteiger partial charge in [0.2, 0.25) is 0 Å². The van der Waals surface area contributed by atoms with Gasteiger partial charge in [-0.3, -0.25) is 0 Å². The number of nitriles is 1. The largest absolute Gasteiger partial charge is 0.311 e. The Morgan fingerprint density at radius 1 is 0.359 bits per heavy atom. The number of hydrogen-bond donors (Lipinski definition) is 0. The Morgan fingerprint density at radius 2 is 0.766 bits per heavy atom. The van der Waals surface area contributed by atoms with E-state index < -0.39 is 0 Å². The highest BCUT2D eigenvalue weighted by Crippen LogP contribution is 2.40. The average Bonchev–Trinajstić information content (AvgIpc) is 3.69. The van der Waals surface area contributed by atoms with Gasteiger partial charge in [0, 0.05) is 49.8 Å². The van der Waals surface area contributed by atoms with E-state index in [0.29, 0.717) is 40.5 Å². The first-order valence-electron chi connectivity index (χ1n) is 20.8. The van der Waals surface area contributed by atoms with Crippen molar-refractivity contribution in [2.24, 2.45) is 0 Å². The van der Waals surface area contributed by atoms with Crippen LogP contribution in [0.25, 0.3) is 107 Å². The molecule has 0 aliphatic rings. The number of aromatic nitrogens is 7. The van der Waals surface area contributed by atoms with Crippen LogP contribution < -0.4 is 4.43 Å². The SMILES string of the molecule is N#Cc1ccc(-c2nc(-c3ccccc3)nc(-c3ccccc3)n2)c(-c2ccc3c(c2)c2cc(-c4nc(-c5ccccc5)nc(-c5ccccc5)n4)ccc2n3-c2cccc[c]2[Al])c1. The molecule has 64 heavy (non-hydrogen) atoms. The van der Waals surface area contributed by atoms with Gasteiger partial charge in [-0.2, -0.15) is 5.26 Å². The summed E-state index contributed by atoms with van der Waals surface area (Å²) in [4.78, 5) is 30.2. The third-order valence-electron chi connectivity index (χ3n) is 11.3. The molecular formula is C55H33AlN8. The molecule has 0 fully saturated rings. The highest BCUT2D eigenvalue weighted by molar-refractivity contribution is 6.35. The molecule has 0 unspecified atom stereocenters. The summed E-state index contributed by atoms with van der Waals surface area (Å²) >= 11 is 2.90. The van der Waals surface area contributed by atoms with Gasteiger partial charge in [-0.25, -0.2) is 29.9 Å². The van der Waals surface area contributed by atoms with Crippen LogP contribution in [0.2, 0.25) is 0 Å². The fraction of sp³-hybridized carbons (Fsp3) is 0. The number of fused-ring (bicyclic) bond motifs is 3. The van der Waals surface area contributed by atoms with Crippen LogP contribution in [-0.4, -0.2) is 50.8 Å². The standard InChI is InChI=1S/C55H33N8.Al/c56-35-36-26-29-44(55-61-52(39-20-10-3-11-21-39)58-53(62-55)40-22-12-4-13-23-40)45(32-36)41-27-30-48-46(33-41)47-34-42(28-31-49(47)63(48)43-24-14-5-15-25-43)54-59-50(37-16-6-1-7-17-37)57-51(60-54)38-18-8-2-9-19-38;/h1-24,26-34H;. The molecule has 11 rings (SSSR count). The Bertz CT molecular complexity index is 3450. The molecule has 8 nitrogen and oxygen atoms in total. The second-order valence-electron chi connectivity index (χ2n) is 15.3. The maximum atomic E-state index is 10.2. The Labute approximate surface area is 377 Å². The maximum absolute atomic E-state index is 10.2. The molecule has 3 aromatic heterocycles. The molecule has 0 amide bonds. The molecule has 0 N–H and O–H groups in total. The van der Waals surface area contributed by atoms with E-state index in [1.165, 1.54) is 0 Å². The fourth-order valence-electron chi connectivity index (χ4n) is 8.19. The van der Waals surface area contributed by atoms with Gasteiger partial charge >= 0.3 is 0 Å². The van der Waals surface area contributed by atoms with E-state index >= 15 is 0 Å². The molecule has 0 aliphatic carbocycles. The fourth-order valence-corrected chi connectivity index (χ4v) is 8.53. The molecule has 0 saturated heterocycles. The van der Waals surface area contributed by atoms with E-state index in [1.54, 1.807) is 0 Å². The van der Waals surface area contributed by atoms with Crippen LogP contribution in [0.1, 0.15) is 5.56 Å². The molecule has 0 saturated carbocycles. The summed E-state index contributed by atoms with van der Waals surface area (Å²) in [6.45, 7) is 0. The van der Waals surface area contributed by atoms with Crippen molar-refractivity contribution in [1.29, 1.82) is 5.26 Å². The highest BCUT2D eigenvalue weighted by Gasteiger charge is 2.21. The van der Waals surface area contributed by atoms with Gasteiger partial charge in [-0.1, -0.05) is 146 Å². The lowest BCUT2D eigenvalue weighted by atomic mass is 9.95. The zero-order chi connectivity index (χ0) is 43.0. The monoisotopic (exact) mass is 832 g/mol. The second kappa shape index (κ2) is 16.5. The zero-order valence-corrected chi connectivity index (χ0v) is 35.4. The van der Waals surface area contributed by atoms with Gasteiger partial charge < -0.3 is 4.57 Å². The normalized spacial score (nSPS) is 11.2. The zero-order valence-electron chi connectivity index (χ0n) is 34.2. The second-order valence-corrected chi connectivity index (χ2v) is 15.9. The van der Waals surface area contributed by atoms with Gasteiger partial charge in [0.1, 0.15) is 0 Å². The van der Waals surface area contributed by atoms with Gasteiger partial charge in [0.05, 0.1) is 22.7 Å². The van der Waals surface area contributed by atoms with E-state index in [2.05, 4.69) is 81.5 Å². The average molecular weight is 833 g/mol. The van der Waals surface area contributed by atoms with E-state index in [4.69, 9.17) is 29.9 Å². The molecule has 0 bridgehead atoms. The number of nitrogens with zero attached hydrogens (tertiary/aromatic N) is 8. The molecule has 0 aliphatic heterocycles. The Morgan fingerprint density at radius 3 is 1.23 bits per heavy atom. The number of para-hydroxylation sites is 1. The lowest BCUT2D eigenvalue weighted by Crippen LogP contribution is -2.11. The molecule has 0 spiro atoms. The Kier molecular flexibility index (Phi) is 9.91. The van der Waals surface area contributed by atoms with E-state index in [0.717, 1.165) is 76.4 Å². The summed E-state index contributed by atoms with van der Waals surface area (Å²) < 4.78 is 3.37. The van der Waals surface area contributed by atoms with Gasteiger partial charge in [-0.05, 0) is 65.7 Å². The van der Waals surface area contributed by atoms with Crippen LogP contribution in [0.15, 0.2) is 200 Å². The molecule has 2 radical (unpaired) electrons. The quantitative estimate of drug-likeness (QED) is 0.140. The van der Waals surface area contributed by atoms with Gasteiger partial charge in [-0.15, -0.1) is 4.43 Å². The van der Waals surface area contributed by atoms with E-state index in [1.807, 2.05) is 146 Å². The molecule has 8 aromatic carbocycles. The summed E-state index contributed by atoms with van der Waals surface area (Å²) in [6, 6.07) is 69.2. The van der Waals surface area contributed by atoms with Crippen LogP contribution in [0, 0.1) is 11.3 Å². The van der Waals surface area contributed by atoms with Crippen LogP contribution >= 0.6 is 0 Å². The molecule has 3 heterocycles. The summed E-state index contributed by atoms with van der Waals surface area (Å²) in [5.41, 5.74) is 10.5. The van der Waals surface area contributed by atoms with E-state index in [-0.39, 0.29) is 0 Å². The molecule has 296 valence electrons. The minimum Gasteiger partial charge on any atom is -0.311 e. The molecular weight excluding hydrogens is 800 g/mol. The van der Waals surface area contributed by atoms with Crippen molar-refractivity contribution >= 4 is 42.5 Å². The van der Waals surface area contributed by atoms with Crippen molar-refractivity contribution < 1.29 is 0 Å². The lowest BCUT2D eigenvalue weighted by Gasteiger charge is -2.14. The van der Waals surface area contributed by atoms with Crippen molar-refractivity contribution in [1.82, 2.24) is 34.5 Å². The lowest BCUT2D eigenvalue weighted by molar-refractivity contribution is 1.07. The van der Waals surface area contributed by atoms with E-state index in [9.17, 15) is 5.26 Å². The highest BCUT2D eigenvalue weighted by atomic mass is 27.0. The number of hydrogen-bond acceptors (Lipinski definition) is 7. The van der Waals surface area contributed by atoms with Crippen molar-refractivity contribution in [3.63, 3.8) is 0 Å². The molecule has 11 aromatic rings. The minimum atomic E-state index is 0.507. The van der Waals surface area contributed by atoms with Crippen molar-refractivity contribution in [3.8, 4) is 91.2 Å². The summed E-state index contributed by atoms with van der Waals surface area (Å²) in [5.74, 6) is 3.39. The Balaban J connectivity index is 1.14. The Hall–Kier alpha value is -8.40. The first-order chi connectivity index (χ1) is 31.6. The minimum absolute atomic E-state index is 0.507. The van der Waals surface area contributed by atoms with Gasteiger partial charge in [0.15, 0.2) is 51.2 Å². The van der Waals surface area contributed by atoms with Crippen molar-refractivity contribution in [3.05, 3.63) is 206 Å². The summed E-state index contributed by atoms with van der Waals surface area (Å²) in [5, 5.41) is 12.3. The first kappa shape index (κ1) is 38.5. The number of rotatable bonds is 8. The molecule has 0 atom stereocenters. The van der Waals surface area contributed by atoms with Crippen LogP contribution in [0.5, 0.6) is 0 Å². The smallest absolute Gasteiger partial charge is 0.179 e.